The van der Waals surface area contributed by atoms with Gasteiger partial charge >= 0.3 is 5.97 Å². The summed E-state index contributed by atoms with van der Waals surface area (Å²) >= 11 is 0. The zero-order chi connectivity index (χ0) is 12.3. The van der Waals surface area contributed by atoms with Crippen LogP contribution in [0.5, 0.6) is 5.75 Å². The van der Waals surface area contributed by atoms with Gasteiger partial charge in [-0.1, -0.05) is 30.3 Å². The van der Waals surface area contributed by atoms with E-state index in [1.165, 1.54) is 0 Å². The number of esters is 1. The molecule has 0 radical (unpaired) electrons. The third kappa shape index (κ3) is 2.78. The molecule has 5 heteroatoms. The SMILES string of the molecule is O=C(C[N+](=O)[O-])Oc1ccc2ccccc2c1. The quantitative estimate of drug-likeness (QED) is 0.350. The van der Waals surface area contributed by atoms with Gasteiger partial charge < -0.3 is 4.74 Å². The number of ether oxygens (including phenoxy) is 1. The smallest absolute Gasteiger partial charge is 0.383 e. The Morgan fingerprint density at radius 1 is 1.18 bits per heavy atom. The molecule has 0 spiro atoms. The highest BCUT2D eigenvalue weighted by molar-refractivity contribution is 5.84. The van der Waals surface area contributed by atoms with Crippen LogP contribution >= 0.6 is 0 Å². The molecular formula is C12H9NO4. The fraction of sp³-hybridized carbons (Fsp3) is 0.0833. The minimum Gasteiger partial charge on any atom is -0.422 e. The second-order valence-corrected chi connectivity index (χ2v) is 3.47. The predicted molar refractivity (Wildman–Crippen MR) is 61.4 cm³/mol. The Bertz CT molecular complexity index is 579. The number of carbonyl (C=O) groups is 1. The predicted octanol–water partition coefficient (Wildman–Crippen LogP) is 2.02. The van der Waals surface area contributed by atoms with Crippen molar-refractivity contribution in [2.45, 2.75) is 0 Å². The molecule has 0 aromatic heterocycles. The molecule has 0 saturated carbocycles. The summed E-state index contributed by atoms with van der Waals surface area (Å²) in [7, 11) is 0. The molecule has 0 fully saturated rings. The number of rotatable bonds is 3. The summed E-state index contributed by atoms with van der Waals surface area (Å²) in [5.41, 5.74) is 0. The first-order valence-electron chi connectivity index (χ1n) is 4.96. The maximum Gasteiger partial charge on any atom is 0.383 e. The van der Waals surface area contributed by atoms with Gasteiger partial charge in [0, 0.05) is 4.92 Å². The van der Waals surface area contributed by atoms with Crippen LogP contribution in [0.2, 0.25) is 0 Å². The molecule has 2 rings (SSSR count). The van der Waals surface area contributed by atoms with E-state index in [9.17, 15) is 14.9 Å². The van der Waals surface area contributed by atoms with E-state index in [2.05, 4.69) is 0 Å². The van der Waals surface area contributed by atoms with E-state index in [0.29, 0.717) is 5.75 Å². The largest absolute Gasteiger partial charge is 0.422 e. The lowest BCUT2D eigenvalue weighted by molar-refractivity contribution is -0.469. The number of fused-ring (bicyclic) bond motifs is 1. The molecule has 0 saturated heterocycles. The maximum atomic E-state index is 11.1. The Kier molecular flexibility index (Phi) is 3.00. The van der Waals surface area contributed by atoms with Crippen LogP contribution in [0, 0.1) is 10.1 Å². The number of carbonyl (C=O) groups excluding carboxylic acids is 1. The van der Waals surface area contributed by atoms with E-state index in [1.807, 2.05) is 24.3 Å². The van der Waals surface area contributed by atoms with Crippen LogP contribution in [-0.2, 0) is 4.79 Å². The number of hydrogen-bond donors (Lipinski definition) is 0. The minimum atomic E-state index is -0.870. The van der Waals surface area contributed by atoms with Gasteiger partial charge in [0.25, 0.3) is 6.54 Å². The normalized spacial score (nSPS) is 10.1. The molecule has 0 unspecified atom stereocenters. The summed E-state index contributed by atoms with van der Waals surface area (Å²) in [5, 5.41) is 12.0. The summed E-state index contributed by atoms with van der Waals surface area (Å²) in [6.07, 6.45) is 0. The van der Waals surface area contributed by atoms with Gasteiger partial charge in [-0.3, -0.25) is 10.1 Å². The van der Waals surface area contributed by atoms with E-state index in [0.717, 1.165) is 10.8 Å². The van der Waals surface area contributed by atoms with Crippen molar-refractivity contribution in [3.63, 3.8) is 0 Å². The molecule has 0 bridgehead atoms. The first kappa shape index (κ1) is 11.1. The summed E-state index contributed by atoms with van der Waals surface area (Å²) < 4.78 is 4.85. The van der Waals surface area contributed by atoms with Crippen LogP contribution in [0.1, 0.15) is 0 Å². The lowest BCUT2D eigenvalue weighted by atomic mass is 10.1. The molecule has 0 heterocycles. The van der Waals surface area contributed by atoms with Crippen molar-refractivity contribution in [3.8, 4) is 5.75 Å². The fourth-order valence-electron chi connectivity index (χ4n) is 1.50. The summed E-state index contributed by atoms with van der Waals surface area (Å²) in [6, 6.07) is 12.7. The molecule has 5 nitrogen and oxygen atoms in total. The summed E-state index contributed by atoms with van der Waals surface area (Å²) in [6.45, 7) is -0.827. The highest BCUT2D eigenvalue weighted by Crippen LogP contribution is 2.20. The first-order chi connectivity index (χ1) is 8.15. The Hall–Kier alpha value is -2.43. The molecule has 0 aliphatic carbocycles. The van der Waals surface area contributed by atoms with Crippen molar-refractivity contribution in [3.05, 3.63) is 52.6 Å². The van der Waals surface area contributed by atoms with Crippen LogP contribution in [-0.4, -0.2) is 17.4 Å². The number of benzene rings is 2. The van der Waals surface area contributed by atoms with Gasteiger partial charge in [0.15, 0.2) is 0 Å². The van der Waals surface area contributed by atoms with Crippen molar-refractivity contribution in [2.75, 3.05) is 6.54 Å². The van der Waals surface area contributed by atoms with Crippen LogP contribution < -0.4 is 4.74 Å². The van der Waals surface area contributed by atoms with Gasteiger partial charge in [0.1, 0.15) is 5.75 Å². The van der Waals surface area contributed by atoms with Gasteiger partial charge in [0.2, 0.25) is 0 Å². The Morgan fingerprint density at radius 2 is 1.88 bits per heavy atom. The molecule has 0 atom stereocenters. The molecular weight excluding hydrogens is 222 g/mol. The monoisotopic (exact) mass is 231 g/mol. The van der Waals surface area contributed by atoms with Gasteiger partial charge in [-0.2, -0.15) is 0 Å². The Balaban J connectivity index is 2.19. The lowest BCUT2D eigenvalue weighted by Gasteiger charge is -2.03. The van der Waals surface area contributed by atoms with Crippen molar-refractivity contribution in [1.82, 2.24) is 0 Å². The van der Waals surface area contributed by atoms with E-state index in [-0.39, 0.29) is 0 Å². The van der Waals surface area contributed by atoms with Crippen LogP contribution in [0.4, 0.5) is 0 Å². The van der Waals surface area contributed by atoms with E-state index in [1.54, 1.807) is 18.2 Å². The third-order valence-electron chi connectivity index (χ3n) is 2.21. The second-order valence-electron chi connectivity index (χ2n) is 3.47. The minimum absolute atomic E-state index is 0.315. The summed E-state index contributed by atoms with van der Waals surface area (Å²) in [4.78, 5) is 20.5. The first-order valence-corrected chi connectivity index (χ1v) is 4.96. The summed E-state index contributed by atoms with van der Waals surface area (Å²) in [5.74, 6) is -0.555. The molecule has 86 valence electrons. The highest BCUT2D eigenvalue weighted by Gasteiger charge is 2.11. The average Bonchev–Trinajstić information content (AvgIpc) is 2.27. The van der Waals surface area contributed by atoms with Crippen molar-refractivity contribution >= 4 is 16.7 Å². The molecule has 2 aromatic rings. The van der Waals surface area contributed by atoms with E-state index >= 15 is 0 Å². The zero-order valence-electron chi connectivity index (χ0n) is 8.83. The van der Waals surface area contributed by atoms with Crippen molar-refractivity contribution in [2.24, 2.45) is 0 Å². The fourth-order valence-corrected chi connectivity index (χ4v) is 1.50. The zero-order valence-corrected chi connectivity index (χ0v) is 8.83. The highest BCUT2D eigenvalue weighted by atomic mass is 16.6. The molecule has 0 N–H and O–H groups in total. The molecule has 2 aromatic carbocycles. The topological polar surface area (TPSA) is 69.4 Å². The molecule has 0 aliphatic rings. The van der Waals surface area contributed by atoms with Crippen LogP contribution in [0.15, 0.2) is 42.5 Å². The Morgan fingerprint density at radius 3 is 2.59 bits per heavy atom. The van der Waals surface area contributed by atoms with Gasteiger partial charge in [-0.25, -0.2) is 4.79 Å². The third-order valence-corrected chi connectivity index (χ3v) is 2.21. The van der Waals surface area contributed by atoms with Crippen LogP contribution in [0.3, 0.4) is 0 Å². The van der Waals surface area contributed by atoms with Crippen LogP contribution in [0.25, 0.3) is 10.8 Å². The van der Waals surface area contributed by atoms with Gasteiger partial charge in [0.05, 0.1) is 0 Å². The maximum absolute atomic E-state index is 11.1. The number of nitrogens with zero attached hydrogens (tertiary/aromatic N) is 1. The van der Waals surface area contributed by atoms with Crippen molar-refractivity contribution in [1.29, 1.82) is 0 Å². The molecule has 17 heavy (non-hydrogen) atoms. The molecule has 0 aliphatic heterocycles. The standard InChI is InChI=1S/C12H9NO4/c14-12(8-13(15)16)17-11-6-5-9-3-1-2-4-10(9)7-11/h1-7H,8H2. The Labute approximate surface area is 96.8 Å². The van der Waals surface area contributed by atoms with E-state index < -0.39 is 17.4 Å². The van der Waals surface area contributed by atoms with Crippen molar-refractivity contribution < 1.29 is 14.5 Å². The lowest BCUT2D eigenvalue weighted by Crippen LogP contribution is -2.19. The number of nitro groups is 1. The van der Waals surface area contributed by atoms with Gasteiger partial charge in [-0.05, 0) is 22.9 Å². The average molecular weight is 231 g/mol. The van der Waals surface area contributed by atoms with Gasteiger partial charge in [-0.15, -0.1) is 0 Å². The molecule has 0 amide bonds. The van der Waals surface area contributed by atoms with E-state index in [4.69, 9.17) is 4.74 Å². The number of hydrogen-bond acceptors (Lipinski definition) is 4. The second kappa shape index (κ2) is 4.61.